The number of carbonyl (C=O) groups excluding carboxylic acids is 1. The zero-order valence-corrected chi connectivity index (χ0v) is 25.6. The lowest BCUT2D eigenvalue weighted by molar-refractivity contribution is -0.121. The van der Waals surface area contributed by atoms with E-state index in [4.69, 9.17) is 26.1 Å². The number of rotatable bonds is 8. The number of aliphatic hydroxyl groups is 1. The number of nitrogens with one attached hydrogen (secondary N) is 1. The average molecular weight is 591 g/mol. The molecule has 0 atom stereocenters. The van der Waals surface area contributed by atoms with Gasteiger partial charge in [-0.3, -0.25) is 4.79 Å². The van der Waals surface area contributed by atoms with Crippen molar-refractivity contribution in [2.75, 3.05) is 31.7 Å². The van der Waals surface area contributed by atoms with Crippen molar-refractivity contribution in [3.63, 3.8) is 0 Å². The summed E-state index contributed by atoms with van der Waals surface area (Å²) in [5.41, 5.74) is 4.92. The van der Waals surface area contributed by atoms with Gasteiger partial charge in [-0.15, -0.1) is 0 Å². The van der Waals surface area contributed by atoms with Gasteiger partial charge in [-0.1, -0.05) is 35.9 Å². The van der Waals surface area contributed by atoms with Crippen LogP contribution in [0, 0.1) is 0 Å². The van der Waals surface area contributed by atoms with Crippen LogP contribution in [0.5, 0.6) is 11.5 Å². The van der Waals surface area contributed by atoms with Crippen LogP contribution in [0.15, 0.2) is 36.5 Å². The van der Waals surface area contributed by atoms with E-state index in [-0.39, 0.29) is 12.6 Å². The zero-order chi connectivity index (χ0) is 29.6. The lowest BCUT2D eigenvalue weighted by Gasteiger charge is -2.35. The minimum absolute atomic E-state index is 0.172. The number of carbonyl (C=O) groups is 1. The molecule has 8 nitrogen and oxygen atoms in total. The van der Waals surface area contributed by atoms with E-state index in [0.717, 1.165) is 71.7 Å². The van der Waals surface area contributed by atoms with Gasteiger partial charge >= 0.3 is 0 Å². The summed E-state index contributed by atoms with van der Waals surface area (Å²) in [4.78, 5) is 24.1. The van der Waals surface area contributed by atoms with Gasteiger partial charge in [0.25, 0.3) is 0 Å². The fourth-order valence-electron chi connectivity index (χ4n) is 6.74. The summed E-state index contributed by atoms with van der Waals surface area (Å²) in [5.74, 6) is 2.53. The maximum Gasteiger partial charge on any atom is 0.231 e. The van der Waals surface area contributed by atoms with E-state index in [1.54, 1.807) is 6.20 Å². The first-order valence-electron chi connectivity index (χ1n) is 14.8. The number of halogens is 1. The molecule has 0 spiro atoms. The first kappa shape index (κ1) is 28.9. The third-order valence-electron chi connectivity index (χ3n) is 8.79. The second-order valence-corrected chi connectivity index (χ2v) is 13.3. The molecule has 0 bridgehead atoms. The van der Waals surface area contributed by atoms with Crippen LogP contribution in [0.4, 0.5) is 11.6 Å². The van der Waals surface area contributed by atoms with Gasteiger partial charge in [0, 0.05) is 23.9 Å². The van der Waals surface area contributed by atoms with Crippen LogP contribution in [-0.4, -0.2) is 57.8 Å². The summed E-state index contributed by atoms with van der Waals surface area (Å²) in [6.07, 6.45) is 5.47. The van der Waals surface area contributed by atoms with Crippen molar-refractivity contribution in [3.05, 3.63) is 69.5 Å². The number of β-amino-alcohol motifs (C(OH)–C–C–N with tert-alkyl or cyclic N) is 1. The van der Waals surface area contributed by atoms with Crippen molar-refractivity contribution in [1.29, 1.82) is 0 Å². The summed E-state index contributed by atoms with van der Waals surface area (Å²) in [7, 11) is 0. The average Bonchev–Trinajstić information content (AvgIpc) is 3.52. The van der Waals surface area contributed by atoms with Crippen molar-refractivity contribution in [3.8, 4) is 11.5 Å². The standard InChI is InChI=1S/C33H39ClN4O4/c1-32(2,40)18-38-14-12-20(13-15-38)23-9-11-26(30-29(23)41-19-42-30)37-31-35-17-24(34)25(36-31)10-8-21-6-5-7-22-16-27(39)33(3,4)28(21)22/h5-7,9,11,17,20,40H,8,10,12-16,18-19H2,1-4H3,(H,35,36,37). The fraction of sp³-hybridized carbons (Fsp3) is 0.485. The highest BCUT2D eigenvalue weighted by molar-refractivity contribution is 6.31. The van der Waals surface area contributed by atoms with E-state index < -0.39 is 11.0 Å². The maximum atomic E-state index is 12.6. The van der Waals surface area contributed by atoms with Gasteiger partial charge in [0.1, 0.15) is 5.78 Å². The summed E-state index contributed by atoms with van der Waals surface area (Å²) < 4.78 is 11.9. The molecule has 9 heteroatoms. The predicted molar refractivity (Wildman–Crippen MR) is 163 cm³/mol. The Morgan fingerprint density at radius 2 is 1.88 bits per heavy atom. The lowest BCUT2D eigenvalue weighted by atomic mass is 9.82. The molecular formula is C33H39ClN4O4. The number of ether oxygens (including phenoxy) is 2. The molecule has 1 fully saturated rings. The molecule has 0 amide bonds. The molecule has 222 valence electrons. The maximum absolute atomic E-state index is 12.6. The Morgan fingerprint density at radius 3 is 2.64 bits per heavy atom. The summed E-state index contributed by atoms with van der Waals surface area (Å²) in [6, 6.07) is 10.3. The Morgan fingerprint density at radius 1 is 1.12 bits per heavy atom. The molecule has 3 heterocycles. The van der Waals surface area contributed by atoms with Crippen molar-refractivity contribution in [1.82, 2.24) is 14.9 Å². The van der Waals surface area contributed by atoms with E-state index in [1.807, 2.05) is 39.8 Å². The van der Waals surface area contributed by atoms with Crippen LogP contribution in [-0.2, 0) is 29.5 Å². The van der Waals surface area contributed by atoms with Crippen molar-refractivity contribution >= 4 is 29.0 Å². The molecule has 6 rings (SSSR count). The number of benzene rings is 2. The molecule has 3 aliphatic rings. The third-order valence-corrected chi connectivity index (χ3v) is 9.11. The number of aromatic nitrogens is 2. The Hall–Kier alpha value is -3.20. The first-order chi connectivity index (χ1) is 20.0. The van der Waals surface area contributed by atoms with Gasteiger partial charge in [-0.2, -0.15) is 0 Å². The number of ketones is 1. The van der Waals surface area contributed by atoms with E-state index in [0.29, 0.717) is 42.0 Å². The predicted octanol–water partition coefficient (Wildman–Crippen LogP) is 5.74. The summed E-state index contributed by atoms with van der Waals surface area (Å²) >= 11 is 6.54. The largest absolute Gasteiger partial charge is 0.453 e. The van der Waals surface area contributed by atoms with Gasteiger partial charge in [0.2, 0.25) is 12.7 Å². The normalized spacial score (nSPS) is 18.4. The Bertz CT molecular complexity index is 1510. The molecule has 2 aliphatic heterocycles. The minimum Gasteiger partial charge on any atom is -0.453 e. The number of fused-ring (bicyclic) bond motifs is 2. The Kier molecular flexibility index (Phi) is 7.66. The molecule has 2 aromatic carbocycles. The van der Waals surface area contributed by atoms with Gasteiger partial charge in [0.15, 0.2) is 11.5 Å². The van der Waals surface area contributed by atoms with Crippen molar-refractivity contribution < 1.29 is 19.4 Å². The topological polar surface area (TPSA) is 96.8 Å². The van der Waals surface area contributed by atoms with Gasteiger partial charge in [-0.25, -0.2) is 9.97 Å². The van der Waals surface area contributed by atoms with Crippen molar-refractivity contribution in [2.45, 2.75) is 76.7 Å². The van der Waals surface area contributed by atoms with Crippen LogP contribution < -0.4 is 14.8 Å². The highest BCUT2D eigenvalue weighted by Gasteiger charge is 2.39. The molecule has 0 radical (unpaired) electrons. The number of anilines is 2. The number of hydrogen-bond acceptors (Lipinski definition) is 8. The molecule has 1 saturated heterocycles. The SMILES string of the molecule is CC(C)(O)CN1CCC(c2ccc(Nc3ncc(Cl)c(CCc4cccc5c4C(C)(C)C(=O)C5)n3)c3c2OCO3)CC1. The Labute approximate surface area is 252 Å². The van der Waals surface area contributed by atoms with Crippen molar-refractivity contribution in [2.24, 2.45) is 0 Å². The molecule has 0 unspecified atom stereocenters. The number of piperidine rings is 1. The number of aryl methyl sites for hydroxylation is 2. The van der Waals surface area contributed by atoms with Crippen LogP contribution in [0.3, 0.4) is 0 Å². The van der Waals surface area contributed by atoms with Crippen LogP contribution >= 0.6 is 11.6 Å². The highest BCUT2D eigenvalue weighted by atomic mass is 35.5. The molecule has 1 aliphatic carbocycles. The molecular weight excluding hydrogens is 552 g/mol. The smallest absolute Gasteiger partial charge is 0.231 e. The highest BCUT2D eigenvalue weighted by Crippen LogP contribution is 2.47. The quantitative estimate of drug-likeness (QED) is 0.343. The number of hydrogen-bond donors (Lipinski definition) is 2. The zero-order valence-electron chi connectivity index (χ0n) is 24.8. The number of nitrogens with zero attached hydrogens (tertiary/aromatic N) is 3. The van der Waals surface area contributed by atoms with E-state index >= 15 is 0 Å². The van der Waals surface area contributed by atoms with Crippen LogP contribution in [0.25, 0.3) is 0 Å². The Balaban J connectivity index is 1.17. The fourth-order valence-corrected chi connectivity index (χ4v) is 6.93. The third kappa shape index (κ3) is 5.72. The van der Waals surface area contributed by atoms with Gasteiger partial charge in [0.05, 0.1) is 28.2 Å². The van der Waals surface area contributed by atoms with Gasteiger partial charge < -0.3 is 24.8 Å². The van der Waals surface area contributed by atoms with E-state index in [2.05, 4.69) is 33.4 Å². The first-order valence-corrected chi connectivity index (χ1v) is 15.2. The summed E-state index contributed by atoms with van der Waals surface area (Å²) in [5, 5.41) is 14.0. The van der Waals surface area contributed by atoms with E-state index in [9.17, 15) is 9.90 Å². The van der Waals surface area contributed by atoms with E-state index in [1.165, 1.54) is 0 Å². The second kappa shape index (κ2) is 11.1. The monoisotopic (exact) mass is 590 g/mol. The lowest BCUT2D eigenvalue weighted by Crippen LogP contribution is -2.42. The molecule has 0 saturated carbocycles. The number of likely N-dealkylation sites (tertiary alicyclic amines) is 1. The minimum atomic E-state index is -0.694. The van der Waals surface area contributed by atoms with Crippen LogP contribution in [0.2, 0.25) is 5.02 Å². The number of Topliss-reactive ketones (excluding diaryl/α,β-unsaturated/α-hetero) is 1. The molecule has 2 N–H and O–H groups in total. The molecule has 3 aromatic rings. The molecule has 42 heavy (non-hydrogen) atoms. The molecule has 1 aromatic heterocycles. The summed E-state index contributed by atoms with van der Waals surface area (Å²) in [6.45, 7) is 10.5. The van der Waals surface area contributed by atoms with Crippen LogP contribution in [0.1, 0.15) is 74.4 Å². The second-order valence-electron chi connectivity index (χ2n) is 12.9. The van der Waals surface area contributed by atoms with Gasteiger partial charge in [-0.05, 0) is 95.1 Å².